The lowest BCUT2D eigenvalue weighted by atomic mass is 9.94. The Labute approximate surface area is 121 Å². The average Bonchev–Trinajstić information content (AvgIpc) is 2.33. The minimum Gasteiger partial charge on any atom is -0.340 e. The van der Waals surface area contributed by atoms with Crippen LogP contribution in [0, 0.1) is 5.92 Å². The molecule has 0 aromatic rings. The smallest absolute Gasteiger partial charge is 0.340 e. The van der Waals surface area contributed by atoms with Gasteiger partial charge in [-0.3, -0.25) is 4.79 Å². The van der Waals surface area contributed by atoms with Crippen molar-refractivity contribution in [1.29, 1.82) is 0 Å². The second-order valence-corrected chi connectivity index (χ2v) is 7.41. The number of sulfonamides is 1. The van der Waals surface area contributed by atoms with Crippen LogP contribution >= 0.6 is 0 Å². The Bertz CT molecular complexity index is 491. The molecule has 2 unspecified atom stereocenters. The van der Waals surface area contributed by atoms with Crippen LogP contribution < -0.4 is 10.5 Å². The zero-order valence-corrected chi connectivity index (χ0v) is 12.7. The highest BCUT2D eigenvalue weighted by molar-refractivity contribution is 7.88. The van der Waals surface area contributed by atoms with Gasteiger partial charge in [-0.1, -0.05) is 0 Å². The SMILES string of the molecule is CC(N)(C(=O)N1CCCC(CNS(C)(=O)=O)C1)C(F)(F)F. The second kappa shape index (κ2) is 6.09. The van der Waals surface area contributed by atoms with Gasteiger partial charge in [0, 0.05) is 19.6 Å². The lowest BCUT2D eigenvalue weighted by Gasteiger charge is -2.38. The number of piperidine rings is 1. The highest BCUT2D eigenvalue weighted by Crippen LogP contribution is 2.30. The molecule has 0 radical (unpaired) electrons. The molecule has 1 rings (SSSR count). The lowest BCUT2D eigenvalue weighted by molar-refractivity contribution is -0.194. The number of hydrogen-bond donors (Lipinski definition) is 2. The lowest BCUT2D eigenvalue weighted by Crippen LogP contribution is -2.63. The molecule has 0 bridgehead atoms. The summed E-state index contributed by atoms with van der Waals surface area (Å²) in [7, 11) is -3.37. The first-order valence-corrected chi connectivity index (χ1v) is 8.33. The zero-order valence-electron chi connectivity index (χ0n) is 11.9. The Morgan fingerprint density at radius 1 is 1.43 bits per heavy atom. The molecule has 6 nitrogen and oxygen atoms in total. The summed E-state index contributed by atoms with van der Waals surface area (Å²) >= 11 is 0. The van der Waals surface area contributed by atoms with Gasteiger partial charge in [0.1, 0.15) is 0 Å². The minimum absolute atomic E-state index is 0.0597. The predicted octanol–water partition coefficient (Wildman–Crippen LogP) is 0.0539. The van der Waals surface area contributed by atoms with Gasteiger partial charge in [-0.2, -0.15) is 13.2 Å². The van der Waals surface area contributed by atoms with Crippen molar-refractivity contribution in [2.45, 2.75) is 31.5 Å². The largest absolute Gasteiger partial charge is 0.415 e. The first kappa shape index (κ1) is 18.2. The van der Waals surface area contributed by atoms with Crippen molar-refractivity contribution >= 4 is 15.9 Å². The quantitative estimate of drug-likeness (QED) is 0.761. The number of alkyl halides is 3. The van der Waals surface area contributed by atoms with Gasteiger partial charge in [0.2, 0.25) is 10.0 Å². The summed E-state index contributed by atoms with van der Waals surface area (Å²) in [6, 6.07) is 0. The van der Waals surface area contributed by atoms with Crippen molar-refractivity contribution < 1.29 is 26.4 Å². The second-order valence-electron chi connectivity index (χ2n) is 5.58. The number of hydrogen-bond acceptors (Lipinski definition) is 4. The molecule has 10 heteroatoms. The summed E-state index contributed by atoms with van der Waals surface area (Å²) < 4.78 is 62.7. The molecule has 1 fully saturated rings. The highest BCUT2D eigenvalue weighted by Gasteiger charge is 2.55. The Kier molecular flexibility index (Phi) is 5.27. The fourth-order valence-electron chi connectivity index (χ4n) is 2.14. The van der Waals surface area contributed by atoms with E-state index in [-0.39, 0.29) is 25.6 Å². The number of rotatable bonds is 4. The van der Waals surface area contributed by atoms with E-state index >= 15 is 0 Å². The number of carbonyl (C=O) groups is 1. The molecular formula is C11H20F3N3O3S. The van der Waals surface area contributed by atoms with Crippen LogP contribution in [0.3, 0.4) is 0 Å². The van der Waals surface area contributed by atoms with Crippen LogP contribution in [0.1, 0.15) is 19.8 Å². The molecule has 1 amide bonds. The van der Waals surface area contributed by atoms with E-state index in [0.29, 0.717) is 19.8 Å². The number of carbonyl (C=O) groups excluding carboxylic acids is 1. The Morgan fingerprint density at radius 3 is 2.48 bits per heavy atom. The van der Waals surface area contributed by atoms with Crippen molar-refractivity contribution in [2.24, 2.45) is 11.7 Å². The maximum absolute atomic E-state index is 12.8. The van der Waals surface area contributed by atoms with Crippen LogP contribution in [0.4, 0.5) is 13.2 Å². The third kappa shape index (κ3) is 4.82. The van der Waals surface area contributed by atoms with Crippen LogP contribution in [-0.4, -0.2) is 56.8 Å². The van der Waals surface area contributed by atoms with E-state index in [0.717, 1.165) is 11.2 Å². The molecule has 0 spiro atoms. The number of nitrogens with zero attached hydrogens (tertiary/aromatic N) is 1. The van der Waals surface area contributed by atoms with E-state index in [4.69, 9.17) is 5.73 Å². The number of nitrogens with one attached hydrogen (secondary N) is 1. The molecule has 0 aromatic carbocycles. The monoisotopic (exact) mass is 331 g/mol. The van der Waals surface area contributed by atoms with Crippen LogP contribution in [0.2, 0.25) is 0 Å². The molecule has 1 aliphatic rings. The number of halogens is 3. The summed E-state index contributed by atoms with van der Waals surface area (Å²) in [4.78, 5) is 13.0. The van der Waals surface area contributed by atoms with Crippen molar-refractivity contribution in [3.63, 3.8) is 0 Å². The molecule has 1 heterocycles. The topological polar surface area (TPSA) is 92.5 Å². The van der Waals surface area contributed by atoms with Crippen molar-refractivity contribution in [3.8, 4) is 0 Å². The van der Waals surface area contributed by atoms with Gasteiger partial charge < -0.3 is 10.6 Å². The molecular weight excluding hydrogens is 311 g/mol. The van der Waals surface area contributed by atoms with Crippen molar-refractivity contribution in [3.05, 3.63) is 0 Å². The molecule has 2 atom stereocenters. The van der Waals surface area contributed by atoms with Crippen LogP contribution in [0.15, 0.2) is 0 Å². The highest BCUT2D eigenvalue weighted by atomic mass is 32.2. The predicted molar refractivity (Wildman–Crippen MR) is 70.8 cm³/mol. The molecule has 124 valence electrons. The van der Waals surface area contributed by atoms with Gasteiger partial charge in [-0.25, -0.2) is 13.1 Å². The average molecular weight is 331 g/mol. The maximum Gasteiger partial charge on any atom is 0.415 e. The van der Waals surface area contributed by atoms with Crippen molar-refractivity contribution in [2.75, 3.05) is 25.9 Å². The van der Waals surface area contributed by atoms with Gasteiger partial charge in [0.25, 0.3) is 5.91 Å². The normalized spacial score (nSPS) is 23.7. The number of nitrogens with two attached hydrogens (primary N) is 1. The summed E-state index contributed by atoms with van der Waals surface area (Å²) in [6.45, 7) is 0.991. The number of likely N-dealkylation sites (tertiary alicyclic amines) is 1. The van der Waals surface area contributed by atoms with Gasteiger partial charge in [-0.15, -0.1) is 0 Å². The zero-order chi connectivity index (χ0) is 16.5. The van der Waals surface area contributed by atoms with Crippen LogP contribution in [0.5, 0.6) is 0 Å². The summed E-state index contributed by atoms with van der Waals surface area (Å²) in [5.74, 6) is -1.40. The summed E-state index contributed by atoms with van der Waals surface area (Å²) in [6.07, 6.45) is -2.68. The molecule has 1 saturated heterocycles. The standard InChI is InChI=1S/C11H20F3N3O3S/c1-10(15,11(12,13)14)9(18)17-5-3-4-8(7-17)6-16-21(2,19)20/h8,16H,3-7,15H2,1-2H3. The fraction of sp³-hybridized carbons (Fsp3) is 0.909. The Morgan fingerprint density at radius 2 is 2.00 bits per heavy atom. The molecule has 0 aromatic heterocycles. The Hall–Kier alpha value is -0.870. The van der Waals surface area contributed by atoms with Gasteiger partial charge >= 0.3 is 6.18 Å². The van der Waals surface area contributed by atoms with Crippen LogP contribution in [-0.2, 0) is 14.8 Å². The molecule has 1 aliphatic heterocycles. The summed E-state index contributed by atoms with van der Waals surface area (Å²) in [5, 5.41) is 0. The van der Waals surface area contributed by atoms with Crippen LogP contribution in [0.25, 0.3) is 0 Å². The third-order valence-corrected chi connectivity index (χ3v) is 4.16. The van der Waals surface area contributed by atoms with E-state index in [1.165, 1.54) is 0 Å². The summed E-state index contributed by atoms with van der Waals surface area (Å²) in [5.41, 5.74) is 2.20. The molecule has 3 N–H and O–H groups in total. The van der Waals surface area contributed by atoms with Gasteiger partial charge in [-0.05, 0) is 25.7 Å². The molecule has 0 saturated carbocycles. The number of amides is 1. The van der Waals surface area contributed by atoms with E-state index in [1.807, 2.05) is 0 Å². The molecule has 0 aliphatic carbocycles. The third-order valence-electron chi connectivity index (χ3n) is 3.47. The molecule has 21 heavy (non-hydrogen) atoms. The Balaban J connectivity index is 2.70. The van der Waals surface area contributed by atoms with E-state index < -0.39 is 27.6 Å². The van der Waals surface area contributed by atoms with E-state index in [2.05, 4.69) is 4.72 Å². The van der Waals surface area contributed by atoms with E-state index in [1.54, 1.807) is 0 Å². The fourth-order valence-corrected chi connectivity index (χ4v) is 2.67. The van der Waals surface area contributed by atoms with Gasteiger partial charge in [0.15, 0.2) is 5.54 Å². The first-order chi connectivity index (χ1) is 9.34. The van der Waals surface area contributed by atoms with Gasteiger partial charge in [0.05, 0.1) is 6.26 Å². The first-order valence-electron chi connectivity index (χ1n) is 6.44. The van der Waals surface area contributed by atoms with E-state index in [9.17, 15) is 26.4 Å². The minimum atomic E-state index is -4.83. The van der Waals surface area contributed by atoms with Crippen molar-refractivity contribution in [1.82, 2.24) is 9.62 Å². The maximum atomic E-state index is 12.8.